The molecule has 7 nitrogen and oxygen atoms in total. The standard InChI is InChI=1S/C15H14BrN5O2/c16-10-4-2-9(3-5-10)12-11(8-17)14(18)20-7-1-6-19-15(20)13(12)21(22)23/h2-5,12,19H,1,6-7,18H2. The molecule has 0 aromatic heterocycles. The maximum atomic E-state index is 11.7. The van der Waals surface area contributed by atoms with Crippen LogP contribution < -0.4 is 11.1 Å². The van der Waals surface area contributed by atoms with Crippen LogP contribution in [0.4, 0.5) is 0 Å². The van der Waals surface area contributed by atoms with E-state index in [1.807, 2.05) is 0 Å². The van der Waals surface area contributed by atoms with Crippen molar-refractivity contribution < 1.29 is 4.92 Å². The topological polar surface area (TPSA) is 108 Å². The Labute approximate surface area is 141 Å². The number of hydrogen-bond acceptors (Lipinski definition) is 6. The van der Waals surface area contributed by atoms with Gasteiger partial charge in [-0.15, -0.1) is 0 Å². The number of rotatable bonds is 2. The molecule has 3 N–H and O–H groups in total. The fourth-order valence-corrected chi connectivity index (χ4v) is 3.25. The summed E-state index contributed by atoms with van der Waals surface area (Å²) in [5.41, 5.74) is 6.99. The lowest BCUT2D eigenvalue weighted by molar-refractivity contribution is -0.432. The summed E-state index contributed by atoms with van der Waals surface area (Å²) in [4.78, 5) is 12.9. The first kappa shape index (κ1) is 15.4. The highest BCUT2D eigenvalue weighted by Crippen LogP contribution is 2.40. The highest BCUT2D eigenvalue weighted by atomic mass is 79.9. The minimum absolute atomic E-state index is 0.0298. The van der Waals surface area contributed by atoms with Gasteiger partial charge in [-0.25, -0.2) is 0 Å². The molecule has 0 spiro atoms. The van der Waals surface area contributed by atoms with Gasteiger partial charge in [-0.2, -0.15) is 5.26 Å². The summed E-state index contributed by atoms with van der Waals surface area (Å²) in [6.07, 6.45) is 0.802. The Morgan fingerprint density at radius 1 is 1.43 bits per heavy atom. The third-order valence-corrected chi connectivity index (χ3v) is 4.54. The number of nitrogens with zero attached hydrogens (tertiary/aromatic N) is 3. The highest BCUT2D eigenvalue weighted by molar-refractivity contribution is 9.10. The number of allylic oxidation sites excluding steroid dienone is 1. The number of benzene rings is 1. The van der Waals surface area contributed by atoms with Crippen LogP contribution >= 0.6 is 15.9 Å². The smallest absolute Gasteiger partial charge is 0.299 e. The average Bonchev–Trinajstić information content (AvgIpc) is 2.55. The molecule has 0 amide bonds. The molecule has 0 radical (unpaired) electrons. The minimum Gasteiger partial charge on any atom is -0.384 e. The van der Waals surface area contributed by atoms with Crippen LogP contribution in [0.3, 0.4) is 0 Å². The van der Waals surface area contributed by atoms with E-state index in [-0.39, 0.29) is 17.1 Å². The van der Waals surface area contributed by atoms with Crippen LogP contribution in [0.2, 0.25) is 0 Å². The van der Waals surface area contributed by atoms with Crippen LogP contribution in [0.15, 0.2) is 51.7 Å². The van der Waals surface area contributed by atoms with Crippen LogP contribution in [-0.4, -0.2) is 22.9 Å². The van der Waals surface area contributed by atoms with Crippen molar-refractivity contribution in [3.05, 3.63) is 67.3 Å². The molecular formula is C15H14BrN5O2. The first-order chi connectivity index (χ1) is 11.0. The van der Waals surface area contributed by atoms with Gasteiger partial charge in [0.15, 0.2) is 5.82 Å². The van der Waals surface area contributed by atoms with E-state index in [9.17, 15) is 15.4 Å². The molecule has 1 atom stereocenters. The Hall–Kier alpha value is -2.53. The fraction of sp³-hybridized carbons (Fsp3) is 0.267. The molecule has 23 heavy (non-hydrogen) atoms. The summed E-state index contributed by atoms with van der Waals surface area (Å²) >= 11 is 3.34. The van der Waals surface area contributed by atoms with Crippen molar-refractivity contribution in [1.82, 2.24) is 10.2 Å². The second-order valence-corrected chi connectivity index (χ2v) is 6.23. The summed E-state index contributed by atoms with van der Waals surface area (Å²) < 4.78 is 0.861. The second kappa shape index (κ2) is 5.93. The monoisotopic (exact) mass is 375 g/mol. The predicted octanol–water partition coefficient (Wildman–Crippen LogP) is 1.98. The van der Waals surface area contributed by atoms with Crippen molar-refractivity contribution in [3.8, 4) is 6.07 Å². The Bertz CT molecular complexity index is 763. The van der Waals surface area contributed by atoms with E-state index < -0.39 is 10.8 Å². The maximum Gasteiger partial charge on any atom is 0.299 e. The molecule has 2 aliphatic heterocycles. The molecule has 8 heteroatoms. The van der Waals surface area contributed by atoms with Crippen LogP contribution in [0, 0.1) is 21.4 Å². The normalized spacial score (nSPS) is 20.7. The number of nitrogens with one attached hydrogen (secondary N) is 1. The third-order valence-electron chi connectivity index (χ3n) is 4.01. The molecular weight excluding hydrogens is 362 g/mol. The van der Waals surface area contributed by atoms with Gasteiger partial charge < -0.3 is 16.0 Å². The molecule has 2 aliphatic rings. The molecule has 118 valence electrons. The van der Waals surface area contributed by atoms with Crippen molar-refractivity contribution in [1.29, 1.82) is 5.26 Å². The van der Waals surface area contributed by atoms with Crippen LogP contribution in [-0.2, 0) is 0 Å². The minimum atomic E-state index is -0.778. The van der Waals surface area contributed by atoms with Gasteiger partial charge >= 0.3 is 0 Å². The van der Waals surface area contributed by atoms with Gasteiger partial charge in [0.2, 0.25) is 0 Å². The summed E-state index contributed by atoms with van der Waals surface area (Å²) in [6, 6.07) is 9.19. The number of nitro groups is 1. The van der Waals surface area contributed by atoms with Gasteiger partial charge in [-0.05, 0) is 24.1 Å². The van der Waals surface area contributed by atoms with Gasteiger partial charge in [0.05, 0.1) is 16.6 Å². The summed E-state index contributed by atoms with van der Waals surface area (Å²) in [7, 11) is 0. The zero-order valence-corrected chi connectivity index (χ0v) is 13.7. The van der Waals surface area contributed by atoms with Gasteiger partial charge in [0.1, 0.15) is 11.7 Å². The molecule has 3 rings (SSSR count). The predicted molar refractivity (Wildman–Crippen MR) is 87.1 cm³/mol. The molecule has 1 unspecified atom stereocenters. The Morgan fingerprint density at radius 3 is 2.74 bits per heavy atom. The maximum absolute atomic E-state index is 11.7. The van der Waals surface area contributed by atoms with Gasteiger partial charge in [-0.3, -0.25) is 10.1 Å². The zero-order valence-electron chi connectivity index (χ0n) is 12.1. The number of fused-ring (bicyclic) bond motifs is 1. The molecule has 1 fully saturated rings. The first-order valence-corrected chi connectivity index (χ1v) is 7.89. The highest BCUT2D eigenvalue weighted by Gasteiger charge is 2.43. The quantitative estimate of drug-likeness (QED) is 0.604. The third kappa shape index (κ3) is 2.53. The first-order valence-electron chi connectivity index (χ1n) is 7.09. The molecule has 1 aromatic rings. The molecule has 0 bridgehead atoms. The molecule has 0 aliphatic carbocycles. The SMILES string of the molecule is N#CC1=C(N)N2CCCNC2=C([N+](=O)[O-])C1c1ccc(Br)cc1. The molecule has 0 saturated carbocycles. The van der Waals surface area contributed by atoms with Gasteiger partial charge in [0, 0.05) is 17.6 Å². The summed E-state index contributed by atoms with van der Waals surface area (Å²) in [5.74, 6) is -0.0983. The lowest BCUT2D eigenvalue weighted by atomic mass is 9.86. The lowest BCUT2D eigenvalue weighted by Crippen LogP contribution is -2.46. The van der Waals surface area contributed by atoms with Crippen LogP contribution in [0.1, 0.15) is 17.9 Å². The van der Waals surface area contributed by atoms with E-state index in [4.69, 9.17) is 5.73 Å². The zero-order chi connectivity index (χ0) is 16.6. The Kier molecular flexibility index (Phi) is 3.96. The number of halogens is 1. The van der Waals surface area contributed by atoms with Gasteiger partial charge in [0.25, 0.3) is 5.70 Å². The van der Waals surface area contributed by atoms with Crippen molar-refractivity contribution in [2.45, 2.75) is 12.3 Å². The summed E-state index contributed by atoms with van der Waals surface area (Å²) in [6.45, 7) is 1.20. The van der Waals surface area contributed by atoms with E-state index in [1.54, 1.807) is 29.2 Å². The van der Waals surface area contributed by atoms with Crippen molar-refractivity contribution >= 4 is 15.9 Å². The van der Waals surface area contributed by atoms with Gasteiger partial charge in [-0.1, -0.05) is 28.1 Å². The average molecular weight is 376 g/mol. The largest absolute Gasteiger partial charge is 0.384 e. The van der Waals surface area contributed by atoms with E-state index >= 15 is 0 Å². The Morgan fingerprint density at radius 2 is 2.13 bits per heavy atom. The van der Waals surface area contributed by atoms with E-state index in [2.05, 4.69) is 27.3 Å². The molecule has 1 saturated heterocycles. The van der Waals surface area contributed by atoms with Crippen molar-refractivity contribution in [2.75, 3.05) is 13.1 Å². The van der Waals surface area contributed by atoms with E-state index in [0.29, 0.717) is 24.5 Å². The lowest BCUT2D eigenvalue weighted by Gasteiger charge is -2.37. The second-order valence-electron chi connectivity index (χ2n) is 5.32. The van der Waals surface area contributed by atoms with E-state index in [0.717, 1.165) is 10.9 Å². The fourth-order valence-electron chi connectivity index (χ4n) is 2.98. The Balaban J connectivity index is 2.22. The molecule has 2 heterocycles. The molecule has 1 aromatic carbocycles. The number of nitriles is 1. The van der Waals surface area contributed by atoms with Crippen molar-refractivity contribution in [3.63, 3.8) is 0 Å². The number of nitrogens with two attached hydrogens (primary N) is 1. The number of hydrogen-bond donors (Lipinski definition) is 2. The van der Waals surface area contributed by atoms with Crippen LogP contribution in [0.25, 0.3) is 0 Å². The van der Waals surface area contributed by atoms with Crippen molar-refractivity contribution in [2.24, 2.45) is 5.73 Å². The van der Waals surface area contributed by atoms with E-state index in [1.165, 1.54) is 0 Å². The summed E-state index contributed by atoms with van der Waals surface area (Å²) in [5, 5.41) is 24.3. The van der Waals surface area contributed by atoms with Crippen LogP contribution in [0.5, 0.6) is 0 Å².